The van der Waals surface area contributed by atoms with E-state index in [0.29, 0.717) is 6.42 Å². The minimum absolute atomic E-state index is 0.216. The zero-order valence-corrected chi connectivity index (χ0v) is 18.1. The highest BCUT2D eigenvalue weighted by Crippen LogP contribution is 2.35. The van der Waals surface area contributed by atoms with Gasteiger partial charge < -0.3 is 4.90 Å². The van der Waals surface area contributed by atoms with E-state index in [9.17, 15) is 4.79 Å². The van der Waals surface area contributed by atoms with Crippen LogP contribution in [0, 0.1) is 0 Å². The third kappa shape index (κ3) is 5.30. The van der Waals surface area contributed by atoms with Crippen LogP contribution in [0.5, 0.6) is 0 Å². The molecule has 0 fully saturated rings. The fourth-order valence-electron chi connectivity index (χ4n) is 3.38. The lowest BCUT2D eigenvalue weighted by molar-refractivity contribution is 0.0980. The monoisotopic (exact) mass is 403 g/mol. The van der Waals surface area contributed by atoms with Crippen LogP contribution in [0.4, 0.5) is 17.1 Å². The first-order chi connectivity index (χ1) is 14.1. The molecule has 0 aliphatic carbocycles. The maximum atomic E-state index is 12.3. The van der Waals surface area contributed by atoms with Gasteiger partial charge in [-0.2, -0.15) is 12.6 Å². The zero-order valence-electron chi connectivity index (χ0n) is 17.2. The normalized spacial score (nSPS) is 11.8. The first-order valence-electron chi connectivity index (χ1n) is 10.4. The number of hydrogen-bond donors (Lipinski definition) is 1. The first kappa shape index (κ1) is 21.2. The van der Waals surface area contributed by atoms with E-state index in [4.69, 9.17) is 0 Å². The van der Waals surface area contributed by atoms with E-state index in [1.165, 1.54) is 5.56 Å². The summed E-state index contributed by atoms with van der Waals surface area (Å²) in [7, 11) is 0. The molecule has 1 unspecified atom stereocenters. The largest absolute Gasteiger partial charge is 0.311 e. The molecule has 0 spiro atoms. The molecule has 3 heteroatoms. The lowest BCUT2D eigenvalue weighted by atomic mass is 10.0. The topological polar surface area (TPSA) is 20.3 Å². The van der Waals surface area contributed by atoms with Crippen molar-refractivity contribution in [2.75, 3.05) is 4.90 Å². The molecule has 0 heterocycles. The van der Waals surface area contributed by atoms with E-state index in [2.05, 4.69) is 67.8 Å². The Hall–Kier alpha value is -2.52. The van der Waals surface area contributed by atoms with E-state index >= 15 is 0 Å². The Morgan fingerprint density at radius 3 is 1.93 bits per heavy atom. The van der Waals surface area contributed by atoms with Crippen LogP contribution in [0.15, 0.2) is 78.9 Å². The quantitative estimate of drug-likeness (QED) is 0.289. The number of thiol groups is 1. The molecule has 3 aromatic carbocycles. The highest BCUT2D eigenvalue weighted by Gasteiger charge is 2.14. The van der Waals surface area contributed by atoms with Gasteiger partial charge >= 0.3 is 0 Å². The number of unbranched alkanes of at least 4 members (excludes halogenated alkanes) is 1. The average molecular weight is 404 g/mol. The van der Waals surface area contributed by atoms with Gasteiger partial charge in [-0.1, -0.05) is 50.6 Å². The number of benzene rings is 3. The lowest BCUT2D eigenvalue weighted by Crippen LogP contribution is -2.10. The van der Waals surface area contributed by atoms with E-state index in [1.807, 2.05) is 42.5 Å². The van der Waals surface area contributed by atoms with Crippen molar-refractivity contribution >= 4 is 35.5 Å². The Balaban J connectivity index is 1.94. The smallest absolute Gasteiger partial charge is 0.162 e. The number of anilines is 3. The van der Waals surface area contributed by atoms with Gasteiger partial charge in [0, 0.05) is 34.3 Å². The summed E-state index contributed by atoms with van der Waals surface area (Å²) in [4.78, 5) is 14.5. The molecule has 29 heavy (non-hydrogen) atoms. The van der Waals surface area contributed by atoms with Gasteiger partial charge in [-0.15, -0.1) is 0 Å². The Labute approximate surface area is 180 Å². The van der Waals surface area contributed by atoms with Crippen LogP contribution < -0.4 is 4.90 Å². The summed E-state index contributed by atoms with van der Waals surface area (Å²) in [6, 6.07) is 26.8. The molecule has 0 amide bonds. The molecule has 2 nitrogen and oxygen atoms in total. The fraction of sp³-hybridized carbons (Fsp3) is 0.269. The molecule has 1 atom stereocenters. The van der Waals surface area contributed by atoms with Gasteiger partial charge in [0.25, 0.3) is 0 Å². The van der Waals surface area contributed by atoms with Gasteiger partial charge in [-0.3, -0.25) is 4.79 Å². The highest BCUT2D eigenvalue weighted by atomic mass is 32.1. The summed E-state index contributed by atoms with van der Waals surface area (Å²) in [5.74, 6) is 0.216. The number of hydrogen-bond acceptors (Lipinski definition) is 3. The number of nitrogens with zero attached hydrogens (tertiary/aromatic N) is 1. The molecule has 0 aliphatic heterocycles. The lowest BCUT2D eigenvalue weighted by Gasteiger charge is -2.26. The summed E-state index contributed by atoms with van der Waals surface area (Å²) in [5, 5.41) is 0.252. The number of carbonyl (C=O) groups excluding carboxylic acids is 1. The molecular weight excluding hydrogens is 374 g/mol. The zero-order chi connectivity index (χ0) is 20.6. The third-order valence-electron chi connectivity index (χ3n) is 5.14. The van der Waals surface area contributed by atoms with Crippen molar-refractivity contribution in [2.24, 2.45) is 0 Å². The standard InChI is InChI=1S/C26H29NOS/c1-3-5-11-25(28)20-12-16-23(17-13-20)27(22-9-7-6-8-10-22)24-18-14-21(15-19-24)26(29)4-2/h6-10,12-19,26,29H,3-5,11H2,1-2H3. The predicted octanol–water partition coefficient (Wildman–Crippen LogP) is 7.91. The number of ketones is 1. The van der Waals surface area contributed by atoms with Crippen LogP contribution in [0.1, 0.15) is 60.7 Å². The Bertz CT molecular complexity index is 904. The van der Waals surface area contributed by atoms with Crippen LogP contribution in [0.3, 0.4) is 0 Å². The molecule has 0 saturated carbocycles. The average Bonchev–Trinajstić information content (AvgIpc) is 2.79. The molecule has 0 radical (unpaired) electrons. The second-order valence-electron chi connectivity index (χ2n) is 7.26. The van der Waals surface area contributed by atoms with Crippen molar-refractivity contribution in [3.05, 3.63) is 90.0 Å². The second kappa shape index (κ2) is 10.3. The van der Waals surface area contributed by atoms with Crippen LogP contribution in [0.25, 0.3) is 0 Å². The highest BCUT2D eigenvalue weighted by molar-refractivity contribution is 7.80. The van der Waals surface area contributed by atoms with Crippen LogP contribution in [-0.4, -0.2) is 5.78 Å². The van der Waals surface area contributed by atoms with Gasteiger partial charge in [0.2, 0.25) is 0 Å². The molecule has 150 valence electrons. The summed E-state index contributed by atoms with van der Waals surface area (Å²) in [6.45, 7) is 4.25. The van der Waals surface area contributed by atoms with Crippen molar-refractivity contribution in [2.45, 2.75) is 44.8 Å². The predicted molar refractivity (Wildman–Crippen MR) is 127 cm³/mol. The molecule has 0 aliphatic rings. The maximum Gasteiger partial charge on any atom is 0.162 e. The number of carbonyl (C=O) groups is 1. The summed E-state index contributed by atoms with van der Waals surface area (Å²) >= 11 is 4.65. The van der Waals surface area contributed by atoms with Gasteiger partial charge in [0.15, 0.2) is 5.78 Å². The van der Waals surface area contributed by atoms with Gasteiger partial charge in [0.05, 0.1) is 0 Å². The molecule has 0 aromatic heterocycles. The summed E-state index contributed by atoms with van der Waals surface area (Å²) in [6.07, 6.45) is 3.58. The van der Waals surface area contributed by atoms with Gasteiger partial charge in [-0.25, -0.2) is 0 Å². The molecule has 0 saturated heterocycles. The molecule has 3 rings (SSSR count). The van der Waals surface area contributed by atoms with E-state index < -0.39 is 0 Å². The van der Waals surface area contributed by atoms with Crippen LogP contribution >= 0.6 is 12.6 Å². The number of rotatable bonds is 9. The van der Waals surface area contributed by atoms with Crippen molar-refractivity contribution in [1.82, 2.24) is 0 Å². The maximum absolute atomic E-state index is 12.3. The Kier molecular flexibility index (Phi) is 7.54. The summed E-state index contributed by atoms with van der Waals surface area (Å²) < 4.78 is 0. The third-order valence-corrected chi connectivity index (χ3v) is 5.81. The molecular formula is C26H29NOS. The van der Waals surface area contributed by atoms with Crippen molar-refractivity contribution in [3.8, 4) is 0 Å². The van der Waals surface area contributed by atoms with Gasteiger partial charge in [-0.05, 0) is 66.9 Å². The molecule has 0 N–H and O–H groups in total. The van der Waals surface area contributed by atoms with E-state index in [1.54, 1.807) is 0 Å². The number of Topliss-reactive ketones (excluding diaryl/α,β-unsaturated/α-hetero) is 1. The molecule has 3 aromatic rings. The van der Waals surface area contributed by atoms with Crippen molar-refractivity contribution in [3.63, 3.8) is 0 Å². The van der Waals surface area contributed by atoms with E-state index in [-0.39, 0.29) is 11.0 Å². The van der Waals surface area contributed by atoms with Crippen molar-refractivity contribution < 1.29 is 4.79 Å². The van der Waals surface area contributed by atoms with E-state index in [0.717, 1.165) is 41.9 Å². The fourth-order valence-corrected chi connectivity index (χ4v) is 3.56. The Morgan fingerprint density at radius 1 is 0.828 bits per heavy atom. The van der Waals surface area contributed by atoms with Crippen LogP contribution in [-0.2, 0) is 0 Å². The molecule has 0 bridgehead atoms. The van der Waals surface area contributed by atoms with Gasteiger partial charge in [0.1, 0.15) is 0 Å². The number of para-hydroxylation sites is 1. The SMILES string of the molecule is CCCCC(=O)c1ccc(N(c2ccccc2)c2ccc(C(S)CC)cc2)cc1. The Morgan fingerprint density at radius 2 is 1.38 bits per heavy atom. The minimum atomic E-state index is 0.216. The minimum Gasteiger partial charge on any atom is -0.311 e. The van der Waals surface area contributed by atoms with Crippen LogP contribution in [0.2, 0.25) is 0 Å². The summed E-state index contributed by atoms with van der Waals surface area (Å²) in [5.41, 5.74) is 5.22. The van der Waals surface area contributed by atoms with Crippen molar-refractivity contribution in [1.29, 1.82) is 0 Å². The second-order valence-corrected chi connectivity index (χ2v) is 7.88. The first-order valence-corrected chi connectivity index (χ1v) is 10.9.